The minimum Gasteiger partial charge on any atom is -0.345 e. The number of benzene rings is 1. The van der Waals surface area contributed by atoms with Crippen molar-refractivity contribution in [3.05, 3.63) is 58.3 Å². The standard InChI is InChI=1S/C13H12BrN3O2/c1-17-8-10(14)7-11(17)13(19)16-15-12(18)9-5-3-2-4-6-9/h2-8H,1H3,(H,15,18)(H,16,19). The fourth-order valence-electron chi connectivity index (χ4n) is 1.59. The Morgan fingerprint density at radius 3 is 2.32 bits per heavy atom. The van der Waals surface area contributed by atoms with Gasteiger partial charge in [0.25, 0.3) is 11.8 Å². The summed E-state index contributed by atoms with van der Waals surface area (Å²) in [5.41, 5.74) is 5.66. The van der Waals surface area contributed by atoms with Crippen LogP contribution in [0.3, 0.4) is 0 Å². The Balaban J connectivity index is 1.98. The van der Waals surface area contributed by atoms with Gasteiger partial charge < -0.3 is 4.57 Å². The molecule has 0 unspecified atom stereocenters. The minimum absolute atomic E-state index is 0.359. The molecule has 6 heteroatoms. The van der Waals surface area contributed by atoms with Crippen LogP contribution < -0.4 is 10.9 Å². The van der Waals surface area contributed by atoms with Crippen LogP contribution in [-0.2, 0) is 7.05 Å². The Morgan fingerprint density at radius 2 is 1.74 bits per heavy atom. The number of amides is 2. The largest absolute Gasteiger partial charge is 0.345 e. The van der Waals surface area contributed by atoms with Crippen LogP contribution in [-0.4, -0.2) is 16.4 Å². The highest BCUT2D eigenvalue weighted by Crippen LogP contribution is 2.13. The molecule has 1 aromatic carbocycles. The number of aryl methyl sites for hydroxylation is 1. The second-order valence-corrected chi connectivity index (χ2v) is 4.84. The summed E-state index contributed by atoms with van der Waals surface area (Å²) in [5, 5.41) is 0. The molecule has 0 aliphatic carbocycles. The van der Waals surface area contributed by atoms with Gasteiger partial charge in [-0.05, 0) is 34.1 Å². The number of hydrazine groups is 1. The smallest absolute Gasteiger partial charge is 0.286 e. The van der Waals surface area contributed by atoms with Gasteiger partial charge in [0.2, 0.25) is 0 Å². The van der Waals surface area contributed by atoms with Crippen LogP contribution in [0.4, 0.5) is 0 Å². The summed E-state index contributed by atoms with van der Waals surface area (Å²) in [6.45, 7) is 0. The Morgan fingerprint density at radius 1 is 1.11 bits per heavy atom. The highest BCUT2D eigenvalue weighted by Gasteiger charge is 2.12. The molecular weight excluding hydrogens is 310 g/mol. The summed E-state index contributed by atoms with van der Waals surface area (Å²) in [4.78, 5) is 23.6. The third kappa shape index (κ3) is 3.23. The maximum Gasteiger partial charge on any atom is 0.286 e. The molecule has 0 aliphatic rings. The van der Waals surface area contributed by atoms with E-state index in [4.69, 9.17) is 0 Å². The molecule has 0 fully saturated rings. The monoisotopic (exact) mass is 321 g/mol. The van der Waals surface area contributed by atoms with Crippen molar-refractivity contribution in [3.63, 3.8) is 0 Å². The molecule has 0 radical (unpaired) electrons. The number of carbonyl (C=O) groups is 2. The molecule has 98 valence electrons. The van der Waals surface area contributed by atoms with Crippen molar-refractivity contribution in [2.75, 3.05) is 0 Å². The van der Waals surface area contributed by atoms with Crippen molar-refractivity contribution in [2.24, 2.45) is 7.05 Å². The van der Waals surface area contributed by atoms with Gasteiger partial charge in [-0.25, -0.2) is 0 Å². The van der Waals surface area contributed by atoms with Gasteiger partial charge in [0.05, 0.1) is 0 Å². The van der Waals surface area contributed by atoms with E-state index in [1.165, 1.54) is 0 Å². The lowest BCUT2D eigenvalue weighted by molar-refractivity contribution is 0.0842. The van der Waals surface area contributed by atoms with E-state index in [1.54, 1.807) is 48.1 Å². The number of hydrogen-bond acceptors (Lipinski definition) is 2. The second kappa shape index (κ2) is 5.71. The molecule has 5 nitrogen and oxygen atoms in total. The Kier molecular flexibility index (Phi) is 4.01. The Labute approximate surface area is 118 Å². The van der Waals surface area contributed by atoms with Crippen LogP contribution in [0, 0.1) is 0 Å². The number of carbonyl (C=O) groups excluding carboxylic acids is 2. The molecule has 19 heavy (non-hydrogen) atoms. The summed E-state index contributed by atoms with van der Waals surface area (Å²) in [6, 6.07) is 10.3. The van der Waals surface area contributed by atoms with Gasteiger partial charge in [0.15, 0.2) is 0 Å². The average molecular weight is 322 g/mol. The predicted octanol–water partition coefficient (Wildman–Crippen LogP) is 1.86. The van der Waals surface area contributed by atoms with Crippen molar-refractivity contribution in [2.45, 2.75) is 0 Å². The van der Waals surface area contributed by atoms with E-state index in [-0.39, 0.29) is 11.8 Å². The molecule has 1 heterocycles. The summed E-state index contributed by atoms with van der Waals surface area (Å²) in [6.07, 6.45) is 1.76. The summed E-state index contributed by atoms with van der Waals surface area (Å²) in [5.74, 6) is -0.736. The highest BCUT2D eigenvalue weighted by atomic mass is 79.9. The first-order valence-corrected chi connectivity index (χ1v) is 6.35. The number of aromatic nitrogens is 1. The third-order valence-electron chi connectivity index (χ3n) is 2.53. The van der Waals surface area contributed by atoms with E-state index in [0.29, 0.717) is 11.3 Å². The molecule has 2 rings (SSSR count). The molecule has 2 N–H and O–H groups in total. The zero-order valence-corrected chi connectivity index (χ0v) is 11.8. The van der Waals surface area contributed by atoms with Crippen molar-refractivity contribution < 1.29 is 9.59 Å². The van der Waals surface area contributed by atoms with Crippen LogP contribution in [0.25, 0.3) is 0 Å². The van der Waals surface area contributed by atoms with Gasteiger partial charge in [0, 0.05) is 23.3 Å². The first-order valence-electron chi connectivity index (χ1n) is 5.55. The van der Waals surface area contributed by atoms with Gasteiger partial charge in [-0.15, -0.1) is 0 Å². The topological polar surface area (TPSA) is 63.1 Å². The quantitative estimate of drug-likeness (QED) is 0.829. The average Bonchev–Trinajstić information content (AvgIpc) is 2.75. The molecule has 0 atom stereocenters. The van der Waals surface area contributed by atoms with E-state index in [2.05, 4.69) is 26.8 Å². The van der Waals surface area contributed by atoms with Crippen molar-refractivity contribution in [1.82, 2.24) is 15.4 Å². The van der Waals surface area contributed by atoms with E-state index in [9.17, 15) is 9.59 Å². The maximum absolute atomic E-state index is 11.8. The second-order valence-electron chi connectivity index (χ2n) is 3.93. The van der Waals surface area contributed by atoms with Gasteiger partial charge in [-0.1, -0.05) is 18.2 Å². The molecular formula is C13H12BrN3O2. The SMILES string of the molecule is Cn1cc(Br)cc1C(=O)NNC(=O)c1ccccc1. The Bertz CT molecular complexity index is 608. The maximum atomic E-state index is 11.8. The van der Waals surface area contributed by atoms with Crippen LogP contribution in [0.15, 0.2) is 47.1 Å². The van der Waals surface area contributed by atoms with Gasteiger partial charge in [-0.2, -0.15) is 0 Å². The predicted molar refractivity (Wildman–Crippen MR) is 74.5 cm³/mol. The number of rotatable bonds is 2. The molecule has 0 bridgehead atoms. The normalized spacial score (nSPS) is 10.0. The minimum atomic E-state index is -0.377. The molecule has 1 aromatic heterocycles. The fourth-order valence-corrected chi connectivity index (χ4v) is 2.11. The third-order valence-corrected chi connectivity index (χ3v) is 2.96. The van der Waals surface area contributed by atoms with E-state index >= 15 is 0 Å². The summed E-state index contributed by atoms with van der Waals surface area (Å²) < 4.78 is 2.46. The van der Waals surface area contributed by atoms with Gasteiger partial charge in [-0.3, -0.25) is 20.4 Å². The van der Waals surface area contributed by atoms with Crippen molar-refractivity contribution in [1.29, 1.82) is 0 Å². The van der Waals surface area contributed by atoms with E-state index in [1.807, 2.05) is 6.07 Å². The van der Waals surface area contributed by atoms with Crippen LogP contribution in [0.2, 0.25) is 0 Å². The summed E-state index contributed by atoms with van der Waals surface area (Å²) in [7, 11) is 1.75. The molecule has 0 saturated carbocycles. The zero-order valence-electron chi connectivity index (χ0n) is 10.2. The van der Waals surface area contributed by atoms with Crippen LogP contribution in [0.5, 0.6) is 0 Å². The first kappa shape index (κ1) is 13.4. The van der Waals surface area contributed by atoms with Gasteiger partial charge >= 0.3 is 0 Å². The molecule has 0 aliphatic heterocycles. The first-order chi connectivity index (χ1) is 9.08. The van der Waals surface area contributed by atoms with Crippen molar-refractivity contribution >= 4 is 27.7 Å². The molecule has 2 amide bonds. The zero-order chi connectivity index (χ0) is 13.8. The lowest BCUT2D eigenvalue weighted by Gasteiger charge is -2.07. The number of nitrogens with zero attached hydrogens (tertiary/aromatic N) is 1. The lowest BCUT2D eigenvalue weighted by Crippen LogP contribution is -2.42. The molecule has 2 aromatic rings. The summed E-state index contributed by atoms with van der Waals surface area (Å²) >= 11 is 3.28. The Hall–Kier alpha value is -2.08. The molecule has 0 saturated heterocycles. The number of nitrogens with one attached hydrogen (secondary N) is 2. The van der Waals surface area contributed by atoms with E-state index < -0.39 is 0 Å². The number of halogens is 1. The van der Waals surface area contributed by atoms with Crippen molar-refractivity contribution in [3.8, 4) is 0 Å². The highest BCUT2D eigenvalue weighted by molar-refractivity contribution is 9.10. The fraction of sp³-hybridized carbons (Fsp3) is 0.0769. The lowest BCUT2D eigenvalue weighted by atomic mass is 10.2. The van der Waals surface area contributed by atoms with Crippen LogP contribution in [0.1, 0.15) is 20.8 Å². The van der Waals surface area contributed by atoms with Gasteiger partial charge in [0.1, 0.15) is 5.69 Å². The molecule has 0 spiro atoms. The van der Waals surface area contributed by atoms with E-state index in [0.717, 1.165) is 4.47 Å². The van der Waals surface area contributed by atoms with Crippen LogP contribution >= 0.6 is 15.9 Å². The number of hydrogen-bond donors (Lipinski definition) is 2.